The molecule has 20 heavy (non-hydrogen) atoms. The molecule has 8 heteroatoms. The molecule has 0 bridgehead atoms. The van der Waals surface area contributed by atoms with Crippen molar-refractivity contribution in [3.8, 4) is 0 Å². The SMILES string of the molecule is O=C(Cn1cnnn1)NC1CCc2c1ccc(Cl)c2Cl. The summed E-state index contributed by atoms with van der Waals surface area (Å²) in [5.41, 5.74) is 2.05. The summed E-state index contributed by atoms with van der Waals surface area (Å²) in [6, 6.07) is 3.64. The third-order valence-electron chi connectivity index (χ3n) is 3.32. The number of fused-ring (bicyclic) bond motifs is 1. The second-order valence-electron chi connectivity index (χ2n) is 4.60. The van der Waals surface area contributed by atoms with Crippen molar-refractivity contribution in [3.63, 3.8) is 0 Å². The fraction of sp³-hybridized carbons (Fsp3) is 0.333. The molecule has 0 radical (unpaired) electrons. The van der Waals surface area contributed by atoms with Crippen molar-refractivity contribution in [2.24, 2.45) is 0 Å². The van der Waals surface area contributed by atoms with Crippen molar-refractivity contribution in [1.82, 2.24) is 25.5 Å². The number of nitrogens with one attached hydrogen (secondary N) is 1. The lowest BCUT2D eigenvalue weighted by molar-refractivity contribution is -0.122. The van der Waals surface area contributed by atoms with Gasteiger partial charge in [0, 0.05) is 0 Å². The highest BCUT2D eigenvalue weighted by molar-refractivity contribution is 6.42. The van der Waals surface area contributed by atoms with Crippen LogP contribution in [0.15, 0.2) is 18.5 Å². The summed E-state index contributed by atoms with van der Waals surface area (Å²) in [4.78, 5) is 11.9. The highest BCUT2D eigenvalue weighted by atomic mass is 35.5. The zero-order valence-corrected chi connectivity index (χ0v) is 11.9. The number of hydrogen-bond donors (Lipinski definition) is 1. The van der Waals surface area contributed by atoms with Crippen LogP contribution >= 0.6 is 23.2 Å². The van der Waals surface area contributed by atoms with Gasteiger partial charge in [-0.05, 0) is 40.5 Å². The van der Waals surface area contributed by atoms with Gasteiger partial charge >= 0.3 is 0 Å². The molecule has 0 fully saturated rings. The number of carbonyl (C=O) groups excluding carboxylic acids is 1. The van der Waals surface area contributed by atoms with Crippen LogP contribution in [0, 0.1) is 0 Å². The van der Waals surface area contributed by atoms with Crippen LogP contribution in [-0.2, 0) is 17.8 Å². The summed E-state index contributed by atoms with van der Waals surface area (Å²) in [7, 11) is 0. The van der Waals surface area contributed by atoms with Gasteiger partial charge in [-0.1, -0.05) is 29.3 Å². The van der Waals surface area contributed by atoms with Crippen molar-refractivity contribution in [3.05, 3.63) is 39.6 Å². The predicted octanol–water partition coefficient (Wildman–Crippen LogP) is 1.78. The van der Waals surface area contributed by atoms with Crippen LogP contribution in [0.1, 0.15) is 23.6 Å². The number of hydrogen-bond acceptors (Lipinski definition) is 4. The second kappa shape index (κ2) is 5.38. The maximum Gasteiger partial charge on any atom is 0.242 e. The Labute approximate surface area is 125 Å². The lowest BCUT2D eigenvalue weighted by Gasteiger charge is -2.14. The zero-order chi connectivity index (χ0) is 14.1. The first-order valence-corrected chi connectivity index (χ1v) is 6.87. The van der Waals surface area contributed by atoms with E-state index >= 15 is 0 Å². The molecule has 1 amide bonds. The average Bonchev–Trinajstić information content (AvgIpc) is 3.04. The van der Waals surface area contributed by atoms with Crippen LogP contribution < -0.4 is 5.32 Å². The normalized spacial score (nSPS) is 17.0. The van der Waals surface area contributed by atoms with E-state index in [-0.39, 0.29) is 18.5 Å². The Bertz CT molecular complexity index is 644. The Morgan fingerprint density at radius 2 is 2.30 bits per heavy atom. The molecule has 1 unspecified atom stereocenters. The number of aromatic nitrogens is 4. The molecule has 6 nitrogen and oxygen atoms in total. The first-order valence-electron chi connectivity index (χ1n) is 6.12. The molecule has 0 aliphatic heterocycles. The monoisotopic (exact) mass is 311 g/mol. The lowest BCUT2D eigenvalue weighted by Crippen LogP contribution is -2.30. The molecule has 1 heterocycles. The fourth-order valence-corrected chi connectivity index (χ4v) is 2.87. The first-order chi connectivity index (χ1) is 9.65. The summed E-state index contributed by atoms with van der Waals surface area (Å²) < 4.78 is 1.38. The second-order valence-corrected chi connectivity index (χ2v) is 5.38. The van der Waals surface area contributed by atoms with Gasteiger partial charge in [0.05, 0.1) is 16.1 Å². The van der Waals surface area contributed by atoms with Crippen LogP contribution in [-0.4, -0.2) is 26.1 Å². The van der Waals surface area contributed by atoms with Gasteiger partial charge in [0.15, 0.2) is 0 Å². The predicted molar refractivity (Wildman–Crippen MR) is 73.5 cm³/mol. The van der Waals surface area contributed by atoms with Crippen molar-refractivity contribution < 1.29 is 4.79 Å². The number of benzene rings is 1. The zero-order valence-electron chi connectivity index (χ0n) is 10.4. The van der Waals surface area contributed by atoms with Gasteiger partial charge in [-0.2, -0.15) is 0 Å². The minimum atomic E-state index is -0.138. The van der Waals surface area contributed by atoms with E-state index in [4.69, 9.17) is 23.2 Å². The van der Waals surface area contributed by atoms with Crippen molar-refractivity contribution in [2.75, 3.05) is 0 Å². The number of tetrazole rings is 1. The summed E-state index contributed by atoms with van der Waals surface area (Å²) in [5, 5.41) is 14.7. The highest BCUT2D eigenvalue weighted by Gasteiger charge is 2.26. The molecule has 1 aliphatic carbocycles. The molecule has 0 spiro atoms. The molecular formula is C12H11Cl2N5O. The standard InChI is InChI=1S/C12H11Cl2N5O/c13-9-3-1-7-8(12(9)14)2-4-10(7)16-11(20)5-19-6-15-17-18-19/h1,3,6,10H,2,4-5H2,(H,16,20). The number of carbonyl (C=O) groups is 1. The topological polar surface area (TPSA) is 72.7 Å². The van der Waals surface area contributed by atoms with Crippen molar-refractivity contribution >= 4 is 29.1 Å². The molecule has 1 aliphatic rings. The molecule has 0 saturated carbocycles. The van der Waals surface area contributed by atoms with Gasteiger partial charge < -0.3 is 5.32 Å². The molecule has 1 aromatic carbocycles. The smallest absolute Gasteiger partial charge is 0.242 e. The van der Waals surface area contributed by atoms with E-state index in [0.717, 1.165) is 24.0 Å². The Hall–Kier alpha value is -1.66. The average molecular weight is 312 g/mol. The summed E-state index contributed by atoms with van der Waals surface area (Å²) >= 11 is 12.2. The van der Waals surface area contributed by atoms with Crippen LogP contribution in [0.4, 0.5) is 0 Å². The molecular weight excluding hydrogens is 301 g/mol. The molecule has 3 rings (SSSR count). The van der Waals surface area contributed by atoms with E-state index in [0.29, 0.717) is 10.0 Å². The third kappa shape index (κ3) is 2.48. The van der Waals surface area contributed by atoms with E-state index in [2.05, 4.69) is 20.8 Å². The summed E-state index contributed by atoms with van der Waals surface area (Å²) in [6.07, 6.45) is 3.03. The van der Waals surface area contributed by atoms with Crippen molar-refractivity contribution in [1.29, 1.82) is 0 Å². The highest BCUT2D eigenvalue weighted by Crippen LogP contribution is 2.38. The maximum absolute atomic E-state index is 11.9. The number of halogens is 2. The first kappa shape index (κ1) is 13.3. The largest absolute Gasteiger partial charge is 0.348 e. The summed E-state index contributed by atoms with van der Waals surface area (Å²) in [6.45, 7) is 0.0974. The van der Waals surface area contributed by atoms with Gasteiger partial charge in [0.25, 0.3) is 0 Å². The number of nitrogens with zero attached hydrogens (tertiary/aromatic N) is 4. The summed E-state index contributed by atoms with van der Waals surface area (Å²) in [5.74, 6) is -0.138. The Morgan fingerprint density at radius 1 is 1.45 bits per heavy atom. The van der Waals surface area contributed by atoms with Gasteiger partial charge in [-0.25, -0.2) is 4.68 Å². The molecule has 1 N–H and O–H groups in total. The Balaban J connectivity index is 1.72. The van der Waals surface area contributed by atoms with Gasteiger partial charge in [-0.3, -0.25) is 4.79 Å². The van der Waals surface area contributed by atoms with Crippen LogP contribution in [0.5, 0.6) is 0 Å². The van der Waals surface area contributed by atoms with E-state index < -0.39 is 0 Å². The van der Waals surface area contributed by atoms with Crippen LogP contribution in [0.3, 0.4) is 0 Å². The molecule has 2 aromatic rings. The van der Waals surface area contributed by atoms with Crippen LogP contribution in [0.2, 0.25) is 10.0 Å². The number of amides is 1. The maximum atomic E-state index is 11.9. The van der Waals surface area contributed by atoms with Crippen molar-refractivity contribution in [2.45, 2.75) is 25.4 Å². The third-order valence-corrected chi connectivity index (χ3v) is 4.17. The Kier molecular flexibility index (Phi) is 3.58. The van der Waals surface area contributed by atoms with Gasteiger partial charge in [0.2, 0.25) is 5.91 Å². The quantitative estimate of drug-likeness (QED) is 0.938. The Morgan fingerprint density at radius 3 is 3.05 bits per heavy atom. The van der Waals surface area contributed by atoms with E-state index in [9.17, 15) is 4.79 Å². The van der Waals surface area contributed by atoms with Gasteiger partial charge in [0.1, 0.15) is 12.9 Å². The molecule has 1 aromatic heterocycles. The van der Waals surface area contributed by atoms with E-state index in [1.54, 1.807) is 6.07 Å². The lowest BCUT2D eigenvalue weighted by atomic mass is 10.1. The fourth-order valence-electron chi connectivity index (χ4n) is 2.42. The molecule has 104 valence electrons. The van der Waals surface area contributed by atoms with Crippen LogP contribution in [0.25, 0.3) is 0 Å². The van der Waals surface area contributed by atoms with E-state index in [1.807, 2.05) is 6.07 Å². The van der Waals surface area contributed by atoms with Gasteiger partial charge in [-0.15, -0.1) is 5.10 Å². The minimum absolute atomic E-state index is 0.0382. The number of rotatable bonds is 3. The molecule has 0 saturated heterocycles. The molecule has 1 atom stereocenters. The van der Waals surface area contributed by atoms with E-state index in [1.165, 1.54) is 11.0 Å². The minimum Gasteiger partial charge on any atom is -0.348 e.